The van der Waals surface area contributed by atoms with Gasteiger partial charge in [-0.3, -0.25) is 10.2 Å². The second kappa shape index (κ2) is 8.17. The van der Waals surface area contributed by atoms with E-state index in [4.69, 9.17) is 9.15 Å². The molecule has 3 N–H and O–H groups in total. The van der Waals surface area contributed by atoms with Crippen LogP contribution in [0.25, 0.3) is 11.0 Å². The van der Waals surface area contributed by atoms with Gasteiger partial charge in [0.15, 0.2) is 5.76 Å². The van der Waals surface area contributed by atoms with Crippen LogP contribution in [0, 0.1) is 0 Å². The Morgan fingerprint density at radius 1 is 0.966 bits per heavy atom. The highest BCUT2D eigenvalue weighted by molar-refractivity contribution is 5.94. The lowest BCUT2D eigenvalue weighted by molar-refractivity contribution is 0.0905. The van der Waals surface area contributed by atoms with Crippen molar-refractivity contribution in [1.82, 2.24) is 20.5 Å². The number of para-hydroxylation sites is 3. The Hall–Kier alpha value is -4.27. The maximum absolute atomic E-state index is 12.1. The van der Waals surface area contributed by atoms with E-state index >= 15 is 0 Å². The minimum atomic E-state index is -0.638. The normalized spacial score (nSPS) is 10.5. The van der Waals surface area contributed by atoms with Crippen molar-refractivity contribution in [2.24, 2.45) is 0 Å². The third kappa shape index (κ3) is 4.35. The molecule has 2 heterocycles. The van der Waals surface area contributed by atoms with E-state index < -0.39 is 11.9 Å². The Kier molecular flexibility index (Phi) is 5.10. The van der Waals surface area contributed by atoms with Gasteiger partial charge in [-0.15, -0.1) is 0 Å². The van der Waals surface area contributed by atoms with Crippen LogP contribution in [0.5, 0.6) is 5.75 Å². The van der Waals surface area contributed by atoms with Crippen LogP contribution in [0.3, 0.4) is 0 Å². The third-order valence-corrected chi connectivity index (χ3v) is 3.97. The molecule has 146 valence electrons. The highest BCUT2D eigenvalue weighted by Crippen LogP contribution is 2.14. The molecule has 2 aromatic carbocycles. The average Bonchev–Trinajstić information content (AvgIpc) is 3.39. The number of hydrogen-bond donors (Lipinski definition) is 3. The molecule has 0 saturated heterocycles. The SMILES string of the molecule is O=C(NNC(=O)c1ccc(COc2ccccc2)o1)Nn1cnc2ccccc21. The van der Waals surface area contributed by atoms with Gasteiger partial charge in [0.1, 0.15) is 24.4 Å². The minimum Gasteiger partial charge on any atom is -0.486 e. The van der Waals surface area contributed by atoms with E-state index in [0.717, 1.165) is 11.0 Å². The summed E-state index contributed by atoms with van der Waals surface area (Å²) in [5.74, 6) is 0.625. The summed E-state index contributed by atoms with van der Waals surface area (Å²) in [6, 6.07) is 19.1. The van der Waals surface area contributed by atoms with Crippen molar-refractivity contribution < 1.29 is 18.7 Å². The van der Waals surface area contributed by atoms with Crippen molar-refractivity contribution in [1.29, 1.82) is 0 Å². The fourth-order valence-electron chi connectivity index (χ4n) is 2.61. The van der Waals surface area contributed by atoms with Gasteiger partial charge in [-0.1, -0.05) is 30.3 Å². The first kappa shape index (κ1) is 18.1. The summed E-state index contributed by atoms with van der Waals surface area (Å²) in [5.41, 5.74) is 8.55. The van der Waals surface area contributed by atoms with Gasteiger partial charge < -0.3 is 9.15 Å². The van der Waals surface area contributed by atoms with Crippen molar-refractivity contribution in [3.05, 3.63) is 84.6 Å². The number of imidazole rings is 1. The number of amides is 3. The minimum absolute atomic E-state index is 0.0463. The molecule has 0 aliphatic heterocycles. The van der Waals surface area contributed by atoms with E-state index in [-0.39, 0.29) is 12.4 Å². The number of aromatic nitrogens is 2. The van der Waals surface area contributed by atoms with E-state index in [1.54, 1.807) is 6.07 Å². The van der Waals surface area contributed by atoms with Gasteiger partial charge in [0.25, 0.3) is 0 Å². The summed E-state index contributed by atoms with van der Waals surface area (Å²) >= 11 is 0. The number of nitrogens with one attached hydrogen (secondary N) is 3. The molecular weight excluding hydrogens is 374 g/mol. The number of nitrogens with zero attached hydrogens (tertiary/aromatic N) is 2. The molecule has 4 rings (SSSR count). The molecule has 0 aliphatic carbocycles. The molecule has 29 heavy (non-hydrogen) atoms. The Balaban J connectivity index is 1.28. The quantitative estimate of drug-likeness (QED) is 0.453. The maximum Gasteiger partial charge on any atom is 0.352 e. The largest absolute Gasteiger partial charge is 0.486 e. The standard InChI is InChI=1S/C20H17N5O4/c26-19(18-11-10-15(29-18)12-28-14-6-2-1-3-7-14)22-23-20(27)24-25-13-21-16-8-4-5-9-17(16)25/h1-11,13H,12H2,(H,22,26)(H2,23,24,27). The lowest BCUT2D eigenvalue weighted by atomic mass is 10.3. The van der Waals surface area contributed by atoms with E-state index in [2.05, 4.69) is 21.3 Å². The number of carbonyl (C=O) groups excluding carboxylic acids is 2. The Labute approximate surface area is 165 Å². The molecule has 9 nitrogen and oxygen atoms in total. The number of hydrazine groups is 1. The number of rotatable bonds is 5. The Bertz CT molecular complexity index is 1140. The predicted octanol–water partition coefficient (Wildman–Crippen LogP) is 2.81. The van der Waals surface area contributed by atoms with Crippen LogP contribution in [0.4, 0.5) is 4.79 Å². The molecule has 3 amide bonds. The molecule has 4 aromatic rings. The van der Waals surface area contributed by atoms with Gasteiger partial charge in [-0.25, -0.2) is 25.3 Å². The molecule has 0 spiro atoms. The number of carbonyl (C=O) groups is 2. The first-order valence-electron chi connectivity index (χ1n) is 8.75. The second-order valence-electron chi connectivity index (χ2n) is 5.99. The van der Waals surface area contributed by atoms with Crippen LogP contribution in [-0.2, 0) is 6.61 Å². The van der Waals surface area contributed by atoms with Crippen molar-refractivity contribution in [2.75, 3.05) is 5.43 Å². The zero-order chi connectivity index (χ0) is 20.1. The molecule has 0 unspecified atom stereocenters. The first-order chi connectivity index (χ1) is 14.2. The van der Waals surface area contributed by atoms with Crippen LogP contribution in [-0.4, -0.2) is 21.6 Å². The zero-order valence-electron chi connectivity index (χ0n) is 15.2. The van der Waals surface area contributed by atoms with Crippen molar-refractivity contribution in [3.8, 4) is 5.75 Å². The molecule has 0 aliphatic rings. The topological polar surface area (TPSA) is 110 Å². The number of benzene rings is 2. The maximum atomic E-state index is 12.1. The second-order valence-corrected chi connectivity index (χ2v) is 5.99. The van der Waals surface area contributed by atoms with Crippen LogP contribution in [0.15, 0.2) is 77.5 Å². The average molecular weight is 391 g/mol. The summed E-state index contributed by atoms with van der Waals surface area (Å²) in [5, 5.41) is 0. The fourth-order valence-corrected chi connectivity index (χ4v) is 2.61. The molecule has 0 atom stereocenters. The molecule has 0 saturated carbocycles. The van der Waals surface area contributed by atoms with Gasteiger partial charge in [-0.2, -0.15) is 0 Å². The van der Waals surface area contributed by atoms with Crippen LogP contribution in [0.2, 0.25) is 0 Å². The number of furan rings is 1. The Morgan fingerprint density at radius 3 is 2.62 bits per heavy atom. The van der Waals surface area contributed by atoms with E-state index in [1.165, 1.54) is 17.1 Å². The lowest BCUT2D eigenvalue weighted by Gasteiger charge is -2.09. The summed E-state index contributed by atoms with van der Waals surface area (Å²) in [4.78, 5) is 28.3. The van der Waals surface area contributed by atoms with Gasteiger partial charge in [0.05, 0.1) is 11.0 Å². The monoisotopic (exact) mass is 391 g/mol. The fraction of sp³-hybridized carbons (Fsp3) is 0.0500. The van der Waals surface area contributed by atoms with Gasteiger partial charge in [-0.05, 0) is 36.4 Å². The van der Waals surface area contributed by atoms with Crippen LogP contribution in [0.1, 0.15) is 16.3 Å². The summed E-state index contributed by atoms with van der Waals surface area (Å²) in [6.45, 7) is 0.179. The lowest BCUT2D eigenvalue weighted by Crippen LogP contribution is -2.45. The number of fused-ring (bicyclic) bond motifs is 1. The molecule has 0 bridgehead atoms. The zero-order valence-corrected chi connectivity index (χ0v) is 15.2. The van der Waals surface area contributed by atoms with E-state index in [0.29, 0.717) is 11.5 Å². The number of hydrogen-bond acceptors (Lipinski definition) is 5. The summed E-state index contributed by atoms with van der Waals surface area (Å²) in [7, 11) is 0. The van der Waals surface area contributed by atoms with E-state index in [9.17, 15) is 9.59 Å². The number of ether oxygens (including phenoxy) is 1. The van der Waals surface area contributed by atoms with Crippen molar-refractivity contribution >= 4 is 23.0 Å². The van der Waals surface area contributed by atoms with Crippen molar-refractivity contribution in [3.63, 3.8) is 0 Å². The Morgan fingerprint density at radius 2 is 1.76 bits per heavy atom. The smallest absolute Gasteiger partial charge is 0.352 e. The molecular formula is C20H17N5O4. The highest BCUT2D eigenvalue weighted by atomic mass is 16.5. The van der Waals surface area contributed by atoms with Crippen LogP contribution >= 0.6 is 0 Å². The highest BCUT2D eigenvalue weighted by Gasteiger charge is 2.13. The van der Waals surface area contributed by atoms with Gasteiger partial charge in [0, 0.05) is 0 Å². The molecule has 0 fully saturated rings. The molecule has 0 radical (unpaired) electrons. The van der Waals surface area contributed by atoms with Crippen LogP contribution < -0.4 is 21.0 Å². The third-order valence-electron chi connectivity index (χ3n) is 3.97. The van der Waals surface area contributed by atoms with E-state index in [1.807, 2.05) is 54.6 Å². The molecule has 2 aromatic heterocycles. The van der Waals surface area contributed by atoms with Gasteiger partial charge in [0.2, 0.25) is 0 Å². The number of urea groups is 1. The molecule has 9 heteroatoms. The predicted molar refractivity (Wildman–Crippen MR) is 105 cm³/mol. The van der Waals surface area contributed by atoms with Gasteiger partial charge >= 0.3 is 11.9 Å². The summed E-state index contributed by atoms with van der Waals surface area (Å²) in [6.07, 6.45) is 1.47. The summed E-state index contributed by atoms with van der Waals surface area (Å²) < 4.78 is 12.4. The van der Waals surface area contributed by atoms with Crippen molar-refractivity contribution in [2.45, 2.75) is 6.61 Å². The first-order valence-corrected chi connectivity index (χ1v) is 8.75.